The van der Waals surface area contributed by atoms with Crippen LogP contribution in [0.3, 0.4) is 0 Å². The highest BCUT2D eigenvalue weighted by molar-refractivity contribution is 4.90. The molecule has 0 bridgehead atoms. The van der Waals surface area contributed by atoms with E-state index in [1.54, 1.807) is 0 Å². The van der Waals surface area contributed by atoms with E-state index in [1.807, 2.05) is 0 Å². The second kappa shape index (κ2) is 6.17. The normalized spacial score (nSPS) is 30.9. The van der Waals surface area contributed by atoms with Gasteiger partial charge in [0.1, 0.15) is 0 Å². The van der Waals surface area contributed by atoms with Gasteiger partial charge in [-0.05, 0) is 52.7 Å². The van der Waals surface area contributed by atoms with E-state index in [1.165, 1.54) is 51.9 Å². The first-order chi connectivity index (χ1) is 8.26. The van der Waals surface area contributed by atoms with Crippen LogP contribution in [-0.4, -0.2) is 61.2 Å². The molecule has 2 rings (SSSR count). The van der Waals surface area contributed by atoms with Gasteiger partial charge in [-0.25, -0.2) is 0 Å². The summed E-state index contributed by atoms with van der Waals surface area (Å²) in [7, 11) is 2.10. The molecule has 3 heteroatoms. The molecule has 0 spiro atoms. The highest BCUT2D eigenvalue weighted by atomic mass is 15.3. The molecule has 0 aromatic carbocycles. The minimum absolute atomic E-state index is 0.646. The molecule has 0 amide bonds. The molecule has 2 heterocycles. The topological polar surface area (TPSA) is 18.5 Å². The summed E-state index contributed by atoms with van der Waals surface area (Å²) in [5.41, 5.74) is 0. The van der Waals surface area contributed by atoms with Crippen molar-refractivity contribution < 1.29 is 0 Å². The van der Waals surface area contributed by atoms with Gasteiger partial charge in [-0.15, -0.1) is 0 Å². The monoisotopic (exact) mass is 239 g/mol. The third-order valence-electron chi connectivity index (χ3n) is 4.82. The lowest BCUT2D eigenvalue weighted by atomic mass is 10.1. The van der Waals surface area contributed by atoms with E-state index in [9.17, 15) is 0 Å². The van der Waals surface area contributed by atoms with Gasteiger partial charge in [0, 0.05) is 31.2 Å². The summed E-state index contributed by atoms with van der Waals surface area (Å²) in [5.74, 6) is 0. The molecule has 0 aromatic rings. The second-order valence-corrected chi connectivity index (χ2v) is 5.72. The summed E-state index contributed by atoms with van der Waals surface area (Å²) in [5, 5.41) is 3.46. The van der Waals surface area contributed by atoms with Crippen LogP contribution >= 0.6 is 0 Å². The number of likely N-dealkylation sites (N-methyl/N-ethyl adjacent to an activating group) is 1. The Labute approximate surface area is 107 Å². The van der Waals surface area contributed by atoms with Gasteiger partial charge in [-0.2, -0.15) is 0 Å². The molecule has 2 saturated heterocycles. The fourth-order valence-corrected chi connectivity index (χ4v) is 3.58. The summed E-state index contributed by atoms with van der Waals surface area (Å²) in [6.45, 7) is 9.94. The summed E-state index contributed by atoms with van der Waals surface area (Å²) in [6, 6.07) is 2.17. The van der Waals surface area contributed by atoms with Crippen LogP contribution < -0.4 is 5.32 Å². The van der Waals surface area contributed by atoms with Crippen LogP contribution in [0.5, 0.6) is 0 Å². The van der Waals surface area contributed by atoms with Crippen molar-refractivity contribution in [2.75, 3.05) is 33.2 Å². The van der Waals surface area contributed by atoms with Crippen LogP contribution in [0.15, 0.2) is 0 Å². The molecular formula is C14H29N3. The number of hydrogen-bond acceptors (Lipinski definition) is 3. The Morgan fingerprint density at radius 2 is 1.94 bits per heavy atom. The molecular weight excluding hydrogens is 210 g/mol. The fourth-order valence-electron chi connectivity index (χ4n) is 3.58. The van der Waals surface area contributed by atoms with Crippen LogP contribution in [0.4, 0.5) is 0 Å². The third-order valence-corrected chi connectivity index (χ3v) is 4.82. The van der Waals surface area contributed by atoms with Crippen LogP contribution in [0.25, 0.3) is 0 Å². The molecule has 0 saturated carbocycles. The average molecular weight is 239 g/mol. The van der Waals surface area contributed by atoms with E-state index in [0.717, 1.165) is 6.04 Å². The molecule has 100 valence electrons. The Hall–Kier alpha value is -0.120. The molecule has 3 nitrogen and oxygen atoms in total. The fraction of sp³-hybridized carbons (Fsp3) is 1.00. The standard InChI is InChI=1S/C14H29N3/c1-4-14(15-3)12(2)17-10-7-13(11-17)16-8-5-6-9-16/h12-15H,4-11H2,1-3H3. The van der Waals surface area contributed by atoms with Crippen molar-refractivity contribution in [2.45, 2.75) is 57.7 Å². The first-order valence-electron chi connectivity index (χ1n) is 7.41. The molecule has 3 atom stereocenters. The number of rotatable bonds is 5. The summed E-state index contributed by atoms with van der Waals surface area (Å²) < 4.78 is 0. The van der Waals surface area contributed by atoms with Crippen LogP contribution in [0.1, 0.15) is 39.5 Å². The number of hydrogen-bond donors (Lipinski definition) is 1. The van der Waals surface area contributed by atoms with Crippen LogP contribution in [0, 0.1) is 0 Å². The molecule has 1 N–H and O–H groups in total. The smallest absolute Gasteiger partial charge is 0.0235 e. The number of likely N-dealkylation sites (tertiary alicyclic amines) is 2. The zero-order chi connectivity index (χ0) is 12.3. The number of nitrogens with zero attached hydrogens (tertiary/aromatic N) is 2. The minimum atomic E-state index is 0.646. The Morgan fingerprint density at radius 1 is 1.24 bits per heavy atom. The lowest BCUT2D eigenvalue weighted by Crippen LogP contribution is -2.47. The summed E-state index contributed by atoms with van der Waals surface area (Å²) in [4.78, 5) is 5.40. The largest absolute Gasteiger partial charge is 0.315 e. The predicted octanol–water partition coefficient (Wildman–Crippen LogP) is 1.54. The Bertz CT molecular complexity index is 222. The zero-order valence-electron chi connectivity index (χ0n) is 11.8. The van der Waals surface area contributed by atoms with E-state index < -0.39 is 0 Å². The van der Waals surface area contributed by atoms with Gasteiger partial charge in [0.2, 0.25) is 0 Å². The predicted molar refractivity (Wildman–Crippen MR) is 73.4 cm³/mol. The molecule has 0 aromatic heterocycles. The molecule has 3 unspecified atom stereocenters. The van der Waals surface area contributed by atoms with Crippen molar-refractivity contribution in [1.29, 1.82) is 0 Å². The lowest BCUT2D eigenvalue weighted by Gasteiger charge is -2.32. The van der Waals surface area contributed by atoms with E-state index in [0.29, 0.717) is 12.1 Å². The second-order valence-electron chi connectivity index (χ2n) is 5.72. The lowest BCUT2D eigenvalue weighted by molar-refractivity contribution is 0.180. The molecule has 2 fully saturated rings. The van der Waals surface area contributed by atoms with Gasteiger partial charge in [-0.3, -0.25) is 9.80 Å². The number of nitrogens with one attached hydrogen (secondary N) is 1. The van der Waals surface area contributed by atoms with Gasteiger partial charge in [0.15, 0.2) is 0 Å². The zero-order valence-corrected chi connectivity index (χ0v) is 11.8. The Kier molecular flexibility index (Phi) is 4.83. The van der Waals surface area contributed by atoms with E-state index >= 15 is 0 Å². The van der Waals surface area contributed by atoms with Gasteiger partial charge < -0.3 is 5.32 Å². The van der Waals surface area contributed by atoms with Crippen LogP contribution in [-0.2, 0) is 0 Å². The maximum absolute atomic E-state index is 3.46. The first kappa shape index (κ1) is 13.3. The average Bonchev–Trinajstić information content (AvgIpc) is 3.01. The van der Waals surface area contributed by atoms with Gasteiger partial charge in [0.05, 0.1) is 0 Å². The van der Waals surface area contributed by atoms with E-state index in [-0.39, 0.29) is 0 Å². The molecule has 2 aliphatic rings. The summed E-state index contributed by atoms with van der Waals surface area (Å²) >= 11 is 0. The molecule has 2 aliphatic heterocycles. The quantitative estimate of drug-likeness (QED) is 0.785. The van der Waals surface area contributed by atoms with Crippen molar-refractivity contribution in [1.82, 2.24) is 15.1 Å². The molecule has 17 heavy (non-hydrogen) atoms. The Balaban J connectivity index is 1.83. The molecule has 0 aliphatic carbocycles. The van der Waals surface area contributed by atoms with Crippen molar-refractivity contribution >= 4 is 0 Å². The van der Waals surface area contributed by atoms with E-state index in [2.05, 4.69) is 36.0 Å². The van der Waals surface area contributed by atoms with Crippen molar-refractivity contribution in [3.8, 4) is 0 Å². The molecule has 0 radical (unpaired) electrons. The van der Waals surface area contributed by atoms with Gasteiger partial charge >= 0.3 is 0 Å². The van der Waals surface area contributed by atoms with Crippen LogP contribution in [0.2, 0.25) is 0 Å². The summed E-state index contributed by atoms with van der Waals surface area (Å²) in [6.07, 6.45) is 5.44. The minimum Gasteiger partial charge on any atom is -0.315 e. The third kappa shape index (κ3) is 3.01. The van der Waals surface area contributed by atoms with E-state index in [4.69, 9.17) is 0 Å². The van der Waals surface area contributed by atoms with Crippen molar-refractivity contribution in [3.05, 3.63) is 0 Å². The maximum atomic E-state index is 3.46. The maximum Gasteiger partial charge on any atom is 0.0235 e. The highest BCUT2D eigenvalue weighted by Gasteiger charge is 2.32. The highest BCUT2D eigenvalue weighted by Crippen LogP contribution is 2.23. The SMILES string of the molecule is CCC(NC)C(C)N1CCC(N2CCCC2)C1. The van der Waals surface area contributed by atoms with Crippen molar-refractivity contribution in [3.63, 3.8) is 0 Å². The van der Waals surface area contributed by atoms with Gasteiger partial charge in [0.25, 0.3) is 0 Å². The van der Waals surface area contributed by atoms with Gasteiger partial charge in [-0.1, -0.05) is 6.92 Å². The Morgan fingerprint density at radius 3 is 2.53 bits per heavy atom. The van der Waals surface area contributed by atoms with Crippen molar-refractivity contribution in [2.24, 2.45) is 0 Å². The first-order valence-corrected chi connectivity index (χ1v) is 7.41.